The first-order chi connectivity index (χ1) is 16.2. The summed E-state index contributed by atoms with van der Waals surface area (Å²) in [5, 5.41) is 0.690. The second-order valence-corrected chi connectivity index (χ2v) is 8.97. The Morgan fingerprint density at radius 2 is 1.12 bits per heavy atom. The summed E-state index contributed by atoms with van der Waals surface area (Å²) >= 11 is 6.58. The predicted molar refractivity (Wildman–Crippen MR) is 144 cm³/mol. The number of hydrogen-bond donors (Lipinski definition) is 0. The average molecular weight is 454 g/mol. The van der Waals surface area contributed by atoms with Crippen LogP contribution in [0.5, 0.6) is 0 Å². The van der Waals surface area contributed by atoms with Gasteiger partial charge in [0.1, 0.15) is 0 Å². The fraction of sp³-hybridized carbons (Fsp3) is 0.258. The first kappa shape index (κ1) is 23.3. The van der Waals surface area contributed by atoms with E-state index in [1.54, 1.807) is 0 Å². The Hall–Kier alpha value is -2.90. The van der Waals surface area contributed by atoms with E-state index in [1.165, 1.54) is 33.4 Å². The monoisotopic (exact) mass is 453 g/mol. The lowest BCUT2D eigenvalue weighted by Gasteiger charge is -2.13. The number of halogens is 1. The third-order valence-corrected chi connectivity index (χ3v) is 6.52. The van der Waals surface area contributed by atoms with Gasteiger partial charge in [0.05, 0.1) is 16.4 Å². The van der Waals surface area contributed by atoms with Crippen molar-refractivity contribution in [3.8, 4) is 0 Å². The highest BCUT2D eigenvalue weighted by Gasteiger charge is 2.31. The summed E-state index contributed by atoms with van der Waals surface area (Å²) < 4.78 is 0. The minimum atomic E-state index is 0.690. The quantitative estimate of drug-likeness (QED) is 0.305. The minimum Gasteiger partial charge on any atom is -0.247 e. The molecule has 1 aliphatic carbocycles. The first-order valence-electron chi connectivity index (χ1n) is 12.2. The zero-order chi connectivity index (χ0) is 23.0. The van der Waals surface area contributed by atoms with Gasteiger partial charge in [-0.1, -0.05) is 111 Å². The molecular formula is C31H32ClN. The van der Waals surface area contributed by atoms with E-state index < -0.39 is 0 Å². The van der Waals surface area contributed by atoms with E-state index in [2.05, 4.69) is 74.5 Å². The van der Waals surface area contributed by atoms with Gasteiger partial charge in [-0.2, -0.15) is 0 Å². The van der Waals surface area contributed by atoms with Crippen LogP contribution in [0.25, 0.3) is 11.1 Å². The molecule has 0 atom stereocenters. The van der Waals surface area contributed by atoms with Crippen LogP contribution in [0.3, 0.4) is 0 Å². The van der Waals surface area contributed by atoms with Crippen LogP contribution in [0.2, 0.25) is 5.02 Å². The second kappa shape index (κ2) is 11.3. The molecule has 3 aromatic carbocycles. The zero-order valence-electron chi connectivity index (χ0n) is 19.7. The van der Waals surface area contributed by atoms with Gasteiger partial charge in [0.15, 0.2) is 0 Å². The Morgan fingerprint density at radius 3 is 1.70 bits per heavy atom. The second-order valence-electron chi connectivity index (χ2n) is 8.56. The topological polar surface area (TPSA) is 12.4 Å². The number of rotatable bonds is 9. The maximum Gasteiger partial charge on any atom is 0.0823 e. The van der Waals surface area contributed by atoms with Gasteiger partial charge in [-0.05, 0) is 65.7 Å². The molecule has 0 aliphatic heterocycles. The van der Waals surface area contributed by atoms with E-state index in [0.29, 0.717) is 5.02 Å². The molecule has 4 rings (SSSR count). The van der Waals surface area contributed by atoms with E-state index in [-0.39, 0.29) is 0 Å². The fourth-order valence-electron chi connectivity index (χ4n) is 4.58. The molecule has 0 N–H and O–H groups in total. The van der Waals surface area contributed by atoms with E-state index in [0.717, 1.165) is 49.9 Å². The number of allylic oxidation sites excluding steroid dienone is 4. The molecule has 0 aromatic heterocycles. The van der Waals surface area contributed by atoms with E-state index in [9.17, 15) is 0 Å². The standard InChI is InChI=1S/C31H32ClN/c1-3-5-19-25-29(23-15-9-7-10-16-23)26(20-6-4-2)31(30(25)24-17-11-8-12-18-24)33-28-22-14-13-21-27(28)32/h7-18,21-22H,3-6,19-20H2,1-2H3. The molecule has 0 unspecified atom stereocenters. The summed E-state index contributed by atoms with van der Waals surface area (Å²) in [5.41, 5.74) is 9.87. The molecular weight excluding hydrogens is 422 g/mol. The van der Waals surface area contributed by atoms with Crippen LogP contribution < -0.4 is 0 Å². The number of para-hydroxylation sites is 1. The lowest BCUT2D eigenvalue weighted by Crippen LogP contribution is -2.04. The number of unbranched alkanes of at least 4 members (excludes halogenated alkanes) is 2. The SMILES string of the molecule is CCCCC1=C(c2ccccc2)C(=Nc2ccccc2Cl)C(CCCC)=C1c1ccccc1. The van der Waals surface area contributed by atoms with Crippen LogP contribution in [0.15, 0.2) is 101 Å². The van der Waals surface area contributed by atoms with Crippen LogP contribution in [-0.4, -0.2) is 5.71 Å². The third-order valence-electron chi connectivity index (χ3n) is 6.20. The Kier molecular flexibility index (Phi) is 7.96. The van der Waals surface area contributed by atoms with Gasteiger partial charge in [0, 0.05) is 5.57 Å². The Morgan fingerprint density at radius 1 is 0.606 bits per heavy atom. The molecule has 0 bridgehead atoms. The van der Waals surface area contributed by atoms with Crippen LogP contribution in [0, 0.1) is 0 Å². The molecule has 0 heterocycles. The zero-order valence-corrected chi connectivity index (χ0v) is 20.4. The van der Waals surface area contributed by atoms with Gasteiger partial charge in [-0.3, -0.25) is 0 Å². The Bertz CT molecular complexity index is 1170. The highest BCUT2D eigenvalue weighted by Crippen LogP contribution is 2.46. The lowest BCUT2D eigenvalue weighted by molar-refractivity contribution is 0.796. The van der Waals surface area contributed by atoms with E-state index in [4.69, 9.17) is 16.6 Å². The van der Waals surface area contributed by atoms with Gasteiger partial charge in [0.25, 0.3) is 0 Å². The predicted octanol–water partition coefficient (Wildman–Crippen LogP) is 9.71. The summed E-state index contributed by atoms with van der Waals surface area (Å²) in [6, 6.07) is 29.5. The van der Waals surface area contributed by atoms with Crippen molar-refractivity contribution in [2.45, 2.75) is 52.4 Å². The summed E-state index contributed by atoms with van der Waals surface area (Å²) in [6.45, 7) is 4.52. The Labute approximate surface area is 203 Å². The lowest BCUT2D eigenvalue weighted by atomic mass is 9.91. The number of nitrogens with zero attached hydrogens (tertiary/aromatic N) is 1. The molecule has 2 heteroatoms. The van der Waals surface area contributed by atoms with Crippen molar-refractivity contribution >= 4 is 34.1 Å². The molecule has 1 nitrogen and oxygen atoms in total. The van der Waals surface area contributed by atoms with Crippen LogP contribution in [0.4, 0.5) is 5.69 Å². The number of hydrogen-bond acceptors (Lipinski definition) is 1. The van der Waals surface area contributed by atoms with Gasteiger partial charge >= 0.3 is 0 Å². The molecule has 168 valence electrons. The summed E-state index contributed by atoms with van der Waals surface area (Å²) in [6.07, 6.45) is 6.65. The molecule has 0 spiro atoms. The largest absolute Gasteiger partial charge is 0.247 e. The van der Waals surface area contributed by atoms with Crippen LogP contribution in [-0.2, 0) is 0 Å². The highest BCUT2D eigenvalue weighted by atomic mass is 35.5. The molecule has 0 radical (unpaired) electrons. The van der Waals surface area contributed by atoms with Crippen molar-refractivity contribution in [2.75, 3.05) is 0 Å². The fourth-order valence-corrected chi connectivity index (χ4v) is 4.75. The number of benzene rings is 3. The van der Waals surface area contributed by atoms with Crippen molar-refractivity contribution < 1.29 is 0 Å². The van der Waals surface area contributed by atoms with Crippen molar-refractivity contribution in [2.24, 2.45) is 4.99 Å². The maximum absolute atomic E-state index is 6.58. The highest BCUT2D eigenvalue weighted by molar-refractivity contribution is 6.41. The minimum absolute atomic E-state index is 0.690. The van der Waals surface area contributed by atoms with Gasteiger partial charge in [-0.25, -0.2) is 4.99 Å². The molecule has 0 saturated heterocycles. The van der Waals surface area contributed by atoms with Crippen molar-refractivity contribution in [1.29, 1.82) is 0 Å². The number of aliphatic imine (C=N–C) groups is 1. The molecule has 0 fully saturated rings. The maximum atomic E-state index is 6.58. The molecule has 33 heavy (non-hydrogen) atoms. The smallest absolute Gasteiger partial charge is 0.0823 e. The normalized spacial score (nSPS) is 15.1. The van der Waals surface area contributed by atoms with Crippen molar-refractivity contribution in [3.05, 3.63) is 112 Å². The molecule has 1 aliphatic rings. The van der Waals surface area contributed by atoms with E-state index >= 15 is 0 Å². The Balaban J connectivity index is 2.03. The molecule has 3 aromatic rings. The van der Waals surface area contributed by atoms with Crippen molar-refractivity contribution in [3.63, 3.8) is 0 Å². The van der Waals surface area contributed by atoms with Gasteiger partial charge < -0.3 is 0 Å². The third kappa shape index (κ3) is 5.20. The summed E-state index contributed by atoms with van der Waals surface area (Å²) in [5.74, 6) is 0. The summed E-state index contributed by atoms with van der Waals surface area (Å²) in [7, 11) is 0. The van der Waals surface area contributed by atoms with Crippen molar-refractivity contribution in [1.82, 2.24) is 0 Å². The molecule has 0 amide bonds. The van der Waals surface area contributed by atoms with Gasteiger partial charge in [0.2, 0.25) is 0 Å². The van der Waals surface area contributed by atoms with Crippen LogP contribution in [0.1, 0.15) is 63.5 Å². The summed E-state index contributed by atoms with van der Waals surface area (Å²) in [4.78, 5) is 5.25. The first-order valence-corrected chi connectivity index (χ1v) is 12.5. The molecule has 0 saturated carbocycles. The average Bonchev–Trinajstić information content (AvgIpc) is 3.16. The van der Waals surface area contributed by atoms with E-state index in [1.807, 2.05) is 24.3 Å². The van der Waals surface area contributed by atoms with Crippen LogP contribution >= 0.6 is 11.6 Å². The van der Waals surface area contributed by atoms with Gasteiger partial charge in [-0.15, -0.1) is 0 Å².